The number of likely N-dealkylation sites (tertiary alicyclic amines) is 1. The first-order valence-corrected chi connectivity index (χ1v) is 12.1. The number of pyridine rings is 1. The summed E-state index contributed by atoms with van der Waals surface area (Å²) in [5, 5.41) is 0. The summed E-state index contributed by atoms with van der Waals surface area (Å²) in [6, 6.07) is 8.97. The number of nitrogens with one attached hydrogen (secondary N) is 1. The van der Waals surface area contributed by atoms with Gasteiger partial charge >= 0.3 is 0 Å². The van der Waals surface area contributed by atoms with Crippen molar-refractivity contribution in [1.29, 1.82) is 0 Å². The van der Waals surface area contributed by atoms with Gasteiger partial charge in [0.2, 0.25) is 11.5 Å². The molecule has 1 aromatic carbocycles. The predicted molar refractivity (Wildman–Crippen MR) is 129 cm³/mol. The van der Waals surface area contributed by atoms with Crippen LogP contribution in [0.15, 0.2) is 53.3 Å². The summed E-state index contributed by atoms with van der Waals surface area (Å²) in [5.41, 5.74) is 7.85. The van der Waals surface area contributed by atoms with Crippen LogP contribution in [-0.4, -0.2) is 55.4 Å². The molecule has 0 bridgehead atoms. The smallest absolute Gasteiger partial charge is 0.254 e. The number of fused-ring (bicyclic) bond motifs is 1. The minimum absolute atomic E-state index is 0.0220. The van der Waals surface area contributed by atoms with Crippen LogP contribution in [0.2, 0.25) is 0 Å². The lowest BCUT2D eigenvalue weighted by Crippen LogP contribution is -2.41. The summed E-state index contributed by atoms with van der Waals surface area (Å²) < 4.78 is 26.4. The molecule has 2 aromatic heterocycles. The molecule has 11 heteroatoms. The van der Waals surface area contributed by atoms with Crippen LogP contribution in [0.25, 0.3) is 5.82 Å². The van der Waals surface area contributed by atoms with Crippen molar-refractivity contribution in [2.24, 2.45) is 16.0 Å². The number of aromatic nitrogens is 3. The van der Waals surface area contributed by atoms with Crippen LogP contribution < -0.4 is 15.2 Å². The Bertz CT molecular complexity index is 1240. The maximum Gasteiger partial charge on any atom is 0.254 e. The van der Waals surface area contributed by atoms with E-state index in [1.54, 1.807) is 30.6 Å². The zero-order valence-electron chi connectivity index (χ0n) is 18.7. The molecule has 10 nitrogen and oxygen atoms in total. The molecule has 176 valence electrons. The van der Waals surface area contributed by atoms with E-state index in [2.05, 4.69) is 19.1 Å². The quantitative estimate of drug-likeness (QED) is 0.536. The molecule has 5 rings (SSSR count). The molecule has 4 heterocycles. The van der Waals surface area contributed by atoms with E-state index < -0.39 is 11.5 Å². The van der Waals surface area contributed by atoms with Gasteiger partial charge in [-0.3, -0.25) is 9.36 Å². The molecule has 2 unspecified atom stereocenters. The van der Waals surface area contributed by atoms with Gasteiger partial charge in [0.15, 0.2) is 5.84 Å². The molecule has 2 atom stereocenters. The summed E-state index contributed by atoms with van der Waals surface area (Å²) in [5.74, 6) is 2.40. The lowest BCUT2D eigenvalue weighted by atomic mass is 9.98. The number of imidazole rings is 1. The maximum atomic E-state index is 13.3. The average molecular weight is 480 g/mol. The number of aryl methyl sites for hydroxylation is 1. The molecular weight excluding hydrogens is 454 g/mol. The topological polar surface area (TPSA) is 134 Å². The second-order valence-electron chi connectivity index (χ2n) is 8.32. The highest BCUT2D eigenvalue weighted by Gasteiger charge is 2.28. The van der Waals surface area contributed by atoms with Crippen molar-refractivity contribution in [3.63, 3.8) is 0 Å². The Morgan fingerprint density at radius 1 is 1.32 bits per heavy atom. The predicted octanol–water partition coefficient (Wildman–Crippen LogP) is 2.22. The average Bonchev–Trinajstić information content (AvgIpc) is 3.28. The number of piperidine rings is 1. The number of amides is 1. The minimum atomic E-state index is -1.59. The van der Waals surface area contributed by atoms with Gasteiger partial charge in [0, 0.05) is 43.2 Å². The van der Waals surface area contributed by atoms with Gasteiger partial charge < -0.3 is 19.9 Å². The van der Waals surface area contributed by atoms with Crippen molar-refractivity contribution in [3.05, 3.63) is 65.9 Å². The first-order chi connectivity index (χ1) is 16.5. The van der Waals surface area contributed by atoms with Gasteiger partial charge in [0.1, 0.15) is 17.4 Å². The van der Waals surface area contributed by atoms with Crippen molar-refractivity contribution in [3.8, 4) is 11.6 Å². The Hall–Kier alpha value is -3.57. The van der Waals surface area contributed by atoms with Crippen molar-refractivity contribution >= 4 is 29.0 Å². The molecule has 3 aromatic rings. The number of nitrogens with zero attached hydrogens (tertiary/aromatic N) is 5. The van der Waals surface area contributed by atoms with Crippen LogP contribution in [-0.2, 0) is 11.5 Å². The Labute approximate surface area is 200 Å². The molecule has 34 heavy (non-hydrogen) atoms. The SMILES string of the molecule is Cc1nccn1-c1cc(C(=O)N2CCCC(COc3cccc4c3C(N)=N[S+]([O-])N4)C2)ccn1. The first kappa shape index (κ1) is 22.2. The van der Waals surface area contributed by atoms with Gasteiger partial charge in [-0.2, -0.15) is 4.72 Å². The van der Waals surface area contributed by atoms with Crippen molar-refractivity contribution in [2.45, 2.75) is 19.8 Å². The van der Waals surface area contributed by atoms with Gasteiger partial charge in [0.05, 0.1) is 17.9 Å². The Morgan fingerprint density at radius 3 is 3.03 bits per heavy atom. The third kappa shape index (κ3) is 4.44. The molecule has 0 radical (unpaired) electrons. The molecule has 2 aliphatic rings. The normalized spacial score (nSPS) is 19.7. The fraction of sp³-hybridized carbons (Fsp3) is 0.304. The van der Waals surface area contributed by atoms with E-state index in [1.807, 2.05) is 34.7 Å². The molecule has 1 fully saturated rings. The van der Waals surface area contributed by atoms with Gasteiger partial charge in [-0.05, 0) is 48.4 Å². The number of rotatable bonds is 5. The van der Waals surface area contributed by atoms with Crippen LogP contribution in [0.1, 0.15) is 34.6 Å². The Kier molecular flexibility index (Phi) is 6.12. The van der Waals surface area contributed by atoms with Crippen LogP contribution in [0.4, 0.5) is 5.69 Å². The minimum Gasteiger partial charge on any atom is -0.566 e. The molecule has 1 amide bonds. The summed E-state index contributed by atoms with van der Waals surface area (Å²) in [6.07, 6.45) is 7.04. The van der Waals surface area contributed by atoms with Crippen molar-refractivity contribution in [2.75, 3.05) is 24.4 Å². The third-order valence-electron chi connectivity index (χ3n) is 6.01. The van der Waals surface area contributed by atoms with Crippen molar-refractivity contribution in [1.82, 2.24) is 19.4 Å². The fourth-order valence-corrected chi connectivity index (χ4v) is 5.01. The monoisotopic (exact) mass is 479 g/mol. The lowest BCUT2D eigenvalue weighted by Gasteiger charge is -2.33. The molecule has 3 N–H and O–H groups in total. The number of amidine groups is 1. The molecular formula is C23H25N7O3S. The van der Waals surface area contributed by atoms with E-state index in [0.29, 0.717) is 48.1 Å². The van der Waals surface area contributed by atoms with Gasteiger partial charge in [0.25, 0.3) is 5.91 Å². The number of nitrogens with two attached hydrogens (primary N) is 1. The highest BCUT2D eigenvalue weighted by Crippen LogP contribution is 2.31. The largest absolute Gasteiger partial charge is 0.566 e. The van der Waals surface area contributed by atoms with Crippen molar-refractivity contribution < 1.29 is 14.1 Å². The highest BCUT2D eigenvalue weighted by molar-refractivity contribution is 7.91. The van der Waals surface area contributed by atoms with E-state index in [-0.39, 0.29) is 17.7 Å². The summed E-state index contributed by atoms with van der Waals surface area (Å²) >= 11 is -1.59. The first-order valence-electron chi connectivity index (χ1n) is 11.0. The number of anilines is 1. The Morgan fingerprint density at radius 2 is 2.21 bits per heavy atom. The number of carbonyl (C=O) groups excluding carboxylic acids is 1. The van der Waals surface area contributed by atoms with Crippen LogP contribution in [0.5, 0.6) is 5.75 Å². The fourth-order valence-electron chi connectivity index (χ4n) is 4.33. The lowest BCUT2D eigenvalue weighted by molar-refractivity contribution is 0.0633. The molecule has 1 saturated heterocycles. The van der Waals surface area contributed by atoms with Crippen LogP contribution in [0, 0.1) is 12.8 Å². The third-order valence-corrected chi connectivity index (χ3v) is 6.76. The summed E-state index contributed by atoms with van der Waals surface area (Å²) in [7, 11) is 0. The zero-order valence-corrected chi connectivity index (χ0v) is 19.5. The van der Waals surface area contributed by atoms with E-state index in [0.717, 1.165) is 18.7 Å². The van der Waals surface area contributed by atoms with E-state index in [4.69, 9.17) is 10.5 Å². The number of benzene rings is 1. The number of hydrogen-bond donors (Lipinski definition) is 2. The second-order valence-corrected chi connectivity index (χ2v) is 9.21. The maximum absolute atomic E-state index is 13.3. The molecule has 2 aliphatic heterocycles. The van der Waals surface area contributed by atoms with E-state index >= 15 is 0 Å². The summed E-state index contributed by atoms with van der Waals surface area (Å²) in [6.45, 7) is 3.63. The molecule has 0 saturated carbocycles. The number of carbonyl (C=O) groups is 1. The van der Waals surface area contributed by atoms with Gasteiger partial charge in [-0.25, -0.2) is 9.97 Å². The van der Waals surface area contributed by atoms with Gasteiger partial charge in [-0.1, -0.05) is 6.07 Å². The van der Waals surface area contributed by atoms with Crippen LogP contribution in [0.3, 0.4) is 0 Å². The standard InChI is InChI=1S/C23H25N7O3S/c1-15-25-9-11-30(15)20-12-17(7-8-26-20)23(31)29-10-3-4-16(13-29)14-33-19-6-2-5-18-21(19)22(24)28-34(32)27-18/h2,5-9,11-12,16,27H,3-4,10,13-14H2,1H3,(H2,24,28). The van der Waals surface area contributed by atoms with E-state index in [9.17, 15) is 9.35 Å². The number of hydrogen-bond acceptors (Lipinski definition) is 8. The zero-order chi connectivity index (χ0) is 23.7. The second kappa shape index (κ2) is 9.35. The molecule has 0 aliphatic carbocycles. The molecule has 0 spiro atoms. The van der Waals surface area contributed by atoms with Gasteiger partial charge in [-0.15, -0.1) is 0 Å². The van der Waals surface area contributed by atoms with E-state index in [1.165, 1.54) is 0 Å². The highest BCUT2D eigenvalue weighted by atomic mass is 32.2. The number of ether oxygens (including phenoxy) is 1. The van der Waals surface area contributed by atoms with Crippen LogP contribution >= 0.6 is 0 Å². The summed E-state index contributed by atoms with van der Waals surface area (Å²) in [4.78, 5) is 23.7. The Balaban J connectivity index is 1.26.